The lowest BCUT2D eigenvalue weighted by Gasteiger charge is -2.06. The number of benzene rings is 1. The third kappa shape index (κ3) is 2.49. The van der Waals surface area contributed by atoms with E-state index in [9.17, 15) is 9.90 Å². The van der Waals surface area contributed by atoms with E-state index in [0.29, 0.717) is 5.75 Å². The van der Waals surface area contributed by atoms with Crippen molar-refractivity contribution in [1.82, 2.24) is 5.32 Å². The fourth-order valence-corrected chi connectivity index (χ4v) is 1.18. The lowest BCUT2D eigenvalue weighted by atomic mass is 10.1. The number of ketones is 1. The summed E-state index contributed by atoms with van der Waals surface area (Å²) in [7, 11) is 3.14. The summed E-state index contributed by atoms with van der Waals surface area (Å²) >= 11 is 0. The van der Waals surface area contributed by atoms with Crippen LogP contribution >= 0.6 is 0 Å². The molecule has 0 fully saturated rings. The van der Waals surface area contributed by atoms with Gasteiger partial charge in [0.1, 0.15) is 17.1 Å². The topological polar surface area (TPSA) is 58.6 Å². The minimum Gasteiger partial charge on any atom is -0.507 e. The Balaban J connectivity index is 3.11. The van der Waals surface area contributed by atoms with Crippen LogP contribution in [-0.2, 0) is 0 Å². The highest BCUT2D eigenvalue weighted by atomic mass is 16.5. The van der Waals surface area contributed by atoms with E-state index >= 15 is 0 Å². The van der Waals surface area contributed by atoms with Crippen molar-refractivity contribution < 1.29 is 14.6 Å². The second kappa shape index (κ2) is 5.05. The number of rotatable bonds is 4. The lowest BCUT2D eigenvalue weighted by Crippen LogP contribution is -2.01. The van der Waals surface area contributed by atoms with Crippen molar-refractivity contribution >= 4 is 5.78 Å². The first-order chi connectivity index (χ1) is 7.20. The molecule has 0 aromatic heterocycles. The van der Waals surface area contributed by atoms with Crippen molar-refractivity contribution in [1.29, 1.82) is 0 Å². The van der Waals surface area contributed by atoms with Crippen LogP contribution in [0.1, 0.15) is 10.4 Å². The molecule has 0 saturated carbocycles. The standard InChI is InChI=1S/C11H13NO3/c1-12-7-6-9(14)11-8(13)4-3-5-10(11)15-2/h3-7,12-13H,1-2H3/b7-6+. The summed E-state index contributed by atoms with van der Waals surface area (Å²) in [5, 5.41) is 12.2. The molecule has 80 valence electrons. The number of aromatic hydroxyl groups is 1. The Morgan fingerprint density at radius 3 is 2.87 bits per heavy atom. The average Bonchev–Trinajstić information content (AvgIpc) is 2.25. The normalized spacial score (nSPS) is 10.3. The van der Waals surface area contributed by atoms with Gasteiger partial charge in [-0.1, -0.05) is 6.07 Å². The molecule has 0 aliphatic carbocycles. The van der Waals surface area contributed by atoms with Gasteiger partial charge < -0.3 is 15.2 Å². The molecule has 4 heteroatoms. The number of ether oxygens (including phenoxy) is 1. The van der Waals surface area contributed by atoms with Crippen LogP contribution in [0, 0.1) is 0 Å². The van der Waals surface area contributed by atoms with Gasteiger partial charge in [-0.3, -0.25) is 4.79 Å². The Kier molecular flexibility index (Phi) is 3.74. The van der Waals surface area contributed by atoms with Crippen LogP contribution in [0.2, 0.25) is 0 Å². The van der Waals surface area contributed by atoms with E-state index in [0.717, 1.165) is 0 Å². The van der Waals surface area contributed by atoms with Crippen LogP contribution in [0.3, 0.4) is 0 Å². The average molecular weight is 207 g/mol. The van der Waals surface area contributed by atoms with Gasteiger partial charge in [0, 0.05) is 19.3 Å². The predicted octanol–water partition coefficient (Wildman–Crippen LogP) is 1.32. The number of carbonyl (C=O) groups excluding carboxylic acids is 1. The largest absolute Gasteiger partial charge is 0.507 e. The van der Waals surface area contributed by atoms with Crippen molar-refractivity contribution in [3.63, 3.8) is 0 Å². The minimum absolute atomic E-state index is 0.0832. The Bertz CT molecular complexity index is 385. The molecule has 0 bridgehead atoms. The van der Waals surface area contributed by atoms with Crippen molar-refractivity contribution in [2.24, 2.45) is 0 Å². The summed E-state index contributed by atoms with van der Waals surface area (Å²) in [5.41, 5.74) is 0.173. The van der Waals surface area contributed by atoms with Gasteiger partial charge in [0.05, 0.1) is 7.11 Å². The molecule has 0 aliphatic heterocycles. The molecule has 0 unspecified atom stereocenters. The first-order valence-electron chi connectivity index (χ1n) is 4.44. The fourth-order valence-electron chi connectivity index (χ4n) is 1.18. The molecule has 0 spiro atoms. The van der Waals surface area contributed by atoms with E-state index in [2.05, 4.69) is 5.32 Å². The Morgan fingerprint density at radius 2 is 2.27 bits per heavy atom. The first-order valence-corrected chi connectivity index (χ1v) is 4.44. The third-order valence-electron chi connectivity index (χ3n) is 1.87. The fraction of sp³-hybridized carbons (Fsp3) is 0.182. The maximum atomic E-state index is 11.6. The van der Waals surface area contributed by atoms with E-state index in [4.69, 9.17) is 4.74 Å². The smallest absolute Gasteiger partial charge is 0.194 e. The van der Waals surface area contributed by atoms with Crippen LogP contribution in [-0.4, -0.2) is 25.0 Å². The molecular formula is C11H13NO3. The van der Waals surface area contributed by atoms with Crippen molar-refractivity contribution in [3.05, 3.63) is 36.0 Å². The monoisotopic (exact) mass is 207 g/mol. The zero-order chi connectivity index (χ0) is 11.3. The number of methoxy groups -OCH3 is 1. The summed E-state index contributed by atoms with van der Waals surface area (Å²) in [6.45, 7) is 0. The summed E-state index contributed by atoms with van der Waals surface area (Å²) in [6, 6.07) is 4.69. The van der Waals surface area contributed by atoms with Gasteiger partial charge in [0.15, 0.2) is 5.78 Å². The summed E-state index contributed by atoms with van der Waals surface area (Å²) in [6.07, 6.45) is 2.83. The minimum atomic E-state index is -0.306. The van der Waals surface area contributed by atoms with Gasteiger partial charge in [-0.15, -0.1) is 0 Å². The summed E-state index contributed by atoms with van der Waals surface area (Å²) < 4.78 is 4.99. The van der Waals surface area contributed by atoms with Crippen LogP contribution in [0.15, 0.2) is 30.5 Å². The zero-order valence-electron chi connectivity index (χ0n) is 8.65. The van der Waals surface area contributed by atoms with Crippen molar-refractivity contribution in [3.8, 4) is 11.5 Å². The molecule has 1 aromatic rings. The SMILES string of the molecule is CN/C=C/C(=O)c1c(O)cccc1OC. The molecule has 0 saturated heterocycles. The molecular weight excluding hydrogens is 194 g/mol. The number of nitrogens with one attached hydrogen (secondary N) is 1. The molecule has 15 heavy (non-hydrogen) atoms. The van der Waals surface area contributed by atoms with Gasteiger partial charge in [-0.2, -0.15) is 0 Å². The first kappa shape index (κ1) is 11.1. The molecule has 1 rings (SSSR count). The lowest BCUT2D eigenvalue weighted by molar-refractivity contribution is 0.104. The maximum absolute atomic E-state index is 11.6. The van der Waals surface area contributed by atoms with Crippen LogP contribution in [0.25, 0.3) is 0 Å². The Labute approximate surface area is 88.2 Å². The van der Waals surface area contributed by atoms with Gasteiger partial charge in [-0.25, -0.2) is 0 Å². The van der Waals surface area contributed by atoms with Crippen LogP contribution < -0.4 is 10.1 Å². The highest BCUT2D eigenvalue weighted by Crippen LogP contribution is 2.27. The second-order valence-electron chi connectivity index (χ2n) is 2.84. The number of phenolic OH excluding ortho intramolecular Hbond substituents is 1. The highest BCUT2D eigenvalue weighted by Gasteiger charge is 2.13. The third-order valence-corrected chi connectivity index (χ3v) is 1.87. The molecule has 1 aromatic carbocycles. The number of carbonyl (C=O) groups is 1. The van der Waals surface area contributed by atoms with Gasteiger partial charge in [0.2, 0.25) is 0 Å². The number of hydrogen-bond donors (Lipinski definition) is 2. The van der Waals surface area contributed by atoms with E-state index in [1.165, 1.54) is 25.5 Å². The number of phenols is 1. The quantitative estimate of drug-likeness (QED) is 0.577. The van der Waals surface area contributed by atoms with E-state index in [1.807, 2.05) is 0 Å². The van der Waals surface area contributed by atoms with E-state index < -0.39 is 0 Å². The molecule has 0 amide bonds. The second-order valence-corrected chi connectivity index (χ2v) is 2.84. The van der Waals surface area contributed by atoms with Crippen molar-refractivity contribution in [2.75, 3.05) is 14.2 Å². The summed E-state index contributed by atoms with van der Waals surface area (Å²) in [5.74, 6) is -0.0276. The van der Waals surface area contributed by atoms with Crippen LogP contribution in [0.5, 0.6) is 11.5 Å². The molecule has 0 atom stereocenters. The highest BCUT2D eigenvalue weighted by molar-refractivity contribution is 6.08. The molecule has 2 N–H and O–H groups in total. The summed E-state index contributed by atoms with van der Waals surface area (Å²) in [4.78, 5) is 11.6. The van der Waals surface area contributed by atoms with Crippen LogP contribution in [0.4, 0.5) is 0 Å². The van der Waals surface area contributed by atoms with E-state index in [1.54, 1.807) is 19.2 Å². The molecule has 0 radical (unpaired) electrons. The zero-order valence-corrected chi connectivity index (χ0v) is 8.65. The maximum Gasteiger partial charge on any atom is 0.194 e. The Morgan fingerprint density at radius 1 is 1.53 bits per heavy atom. The molecule has 0 heterocycles. The Hall–Kier alpha value is -1.97. The number of allylic oxidation sites excluding steroid dienone is 1. The molecule has 0 aliphatic rings. The van der Waals surface area contributed by atoms with Gasteiger partial charge >= 0.3 is 0 Å². The predicted molar refractivity (Wildman–Crippen MR) is 57.2 cm³/mol. The molecule has 4 nitrogen and oxygen atoms in total. The van der Waals surface area contributed by atoms with Gasteiger partial charge in [0.25, 0.3) is 0 Å². The number of hydrogen-bond acceptors (Lipinski definition) is 4. The van der Waals surface area contributed by atoms with Crippen molar-refractivity contribution in [2.45, 2.75) is 0 Å². The van der Waals surface area contributed by atoms with Gasteiger partial charge in [-0.05, 0) is 12.1 Å². The van der Waals surface area contributed by atoms with E-state index in [-0.39, 0.29) is 17.1 Å².